The second-order valence-corrected chi connectivity index (χ2v) is 4.59. The SMILES string of the molecule is c1cnc2cc(CC3CCCC3)[nH]c2c1. The van der Waals surface area contributed by atoms with Crippen LogP contribution in [0.1, 0.15) is 31.4 Å². The van der Waals surface area contributed by atoms with E-state index in [0.29, 0.717) is 0 Å². The molecule has 0 spiro atoms. The molecule has 1 aliphatic rings. The monoisotopic (exact) mass is 200 g/mol. The Labute approximate surface area is 89.7 Å². The molecule has 1 fully saturated rings. The van der Waals surface area contributed by atoms with Gasteiger partial charge in [0.25, 0.3) is 0 Å². The lowest BCUT2D eigenvalue weighted by Gasteiger charge is -2.05. The lowest BCUT2D eigenvalue weighted by atomic mass is 10.0. The summed E-state index contributed by atoms with van der Waals surface area (Å²) >= 11 is 0. The van der Waals surface area contributed by atoms with Crippen molar-refractivity contribution in [3.05, 3.63) is 30.1 Å². The van der Waals surface area contributed by atoms with Crippen molar-refractivity contribution in [1.82, 2.24) is 9.97 Å². The molecule has 3 rings (SSSR count). The van der Waals surface area contributed by atoms with Gasteiger partial charge in [0, 0.05) is 11.9 Å². The summed E-state index contributed by atoms with van der Waals surface area (Å²) < 4.78 is 0. The van der Waals surface area contributed by atoms with Gasteiger partial charge in [-0.1, -0.05) is 25.7 Å². The molecule has 0 atom stereocenters. The van der Waals surface area contributed by atoms with E-state index in [-0.39, 0.29) is 0 Å². The molecule has 1 aliphatic carbocycles. The number of hydrogen-bond acceptors (Lipinski definition) is 1. The number of hydrogen-bond donors (Lipinski definition) is 1. The Bertz CT molecular complexity index is 419. The molecular formula is C13H16N2. The maximum atomic E-state index is 4.35. The van der Waals surface area contributed by atoms with Crippen LogP contribution in [0.25, 0.3) is 11.0 Å². The molecule has 0 aromatic carbocycles. The first-order chi connectivity index (χ1) is 7.42. The second kappa shape index (κ2) is 3.69. The maximum absolute atomic E-state index is 4.35. The van der Waals surface area contributed by atoms with E-state index in [1.165, 1.54) is 43.3 Å². The third kappa shape index (κ3) is 1.76. The summed E-state index contributed by atoms with van der Waals surface area (Å²) in [5, 5.41) is 0. The fraction of sp³-hybridized carbons (Fsp3) is 0.462. The quantitative estimate of drug-likeness (QED) is 0.791. The largest absolute Gasteiger partial charge is 0.357 e. The first-order valence-electron chi connectivity index (χ1n) is 5.84. The summed E-state index contributed by atoms with van der Waals surface area (Å²) in [4.78, 5) is 7.81. The predicted octanol–water partition coefficient (Wildman–Crippen LogP) is 3.30. The smallest absolute Gasteiger partial charge is 0.0881 e. The lowest BCUT2D eigenvalue weighted by Crippen LogP contribution is -1.98. The van der Waals surface area contributed by atoms with Crippen LogP contribution in [0, 0.1) is 5.92 Å². The van der Waals surface area contributed by atoms with Crippen molar-refractivity contribution in [2.24, 2.45) is 5.92 Å². The van der Waals surface area contributed by atoms with Crippen molar-refractivity contribution >= 4 is 11.0 Å². The Morgan fingerprint density at radius 3 is 3.00 bits per heavy atom. The predicted molar refractivity (Wildman–Crippen MR) is 61.8 cm³/mol. The molecule has 0 amide bonds. The Balaban J connectivity index is 1.84. The van der Waals surface area contributed by atoms with Crippen molar-refractivity contribution in [2.75, 3.05) is 0 Å². The Kier molecular flexibility index (Phi) is 2.20. The molecule has 0 radical (unpaired) electrons. The van der Waals surface area contributed by atoms with Crippen LogP contribution >= 0.6 is 0 Å². The number of rotatable bonds is 2. The number of fused-ring (bicyclic) bond motifs is 1. The average molecular weight is 200 g/mol. The van der Waals surface area contributed by atoms with Crippen LogP contribution in [0.5, 0.6) is 0 Å². The van der Waals surface area contributed by atoms with Gasteiger partial charge in [-0.15, -0.1) is 0 Å². The van der Waals surface area contributed by atoms with Gasteiger partial charge in [0.2, 0.25) is 0 Å². The minimum Gasteiger partial charge on any atom is -0.357 e. The molecule has 2 aromatic heterocycles. The zero-order valence-corrected chi connectivity index (χ0v) is 8.87. The first-order valence-corrected chi connectivity index (χ1v) is 5.84. The topological polar surface area (TPSA) is 28.7 Å². The van der Waals surface area contributed by atoms with E-state index in [2.05, 4.69) is 22.1 Å². The van der Waals surface area contributed by atoms with Crippen LogP contribution in [0.2, 0.25) is 0 Å². The molecule has 0 unspecified atom stereocenters. The molecule has 1 N–H and O–H groups in total. The van der Waals surface area contributed by atoms with Gasteiger partial charge in [-0.25, -0.2) is 0 Å². The second-order valence-electron chi connectivity index (χ2n) is 4.59. The van der Waals surface area contributed by atoms with E-state index in [0.717, 1.165) is 11.4 Å². The van der Waals surface area contributed by atoms with E-state index >= 15 is 0 Å². The number of H-pyrrole nitrogens is 1. The summed E-state index contributed by atoms with van der Waals surface area (Å²) in [6.45, 7) is 0. The van der Waals surface area contributed by atoms with Gasteiger partial charge in [0.1, 0.15) is 0 Å². The van der Waals surface area contributed by atoms with Crippen LogP contribution in [0.3, 0.4) is 0 Å². The summed E-state index contributed by atoms with van der Waals surface area (Å²) in [6.07, 6.45) is 8.71. The zero-order valence-electron chi connectivity index (χ0n) is 8.87. The molecule has 0 bridgehead atoms. The molecule has 2 heteroatoms. The average Bonchev–Trinajstić information content (AvgIpc) is 2.86. The van der Waals surface area contributed by atoms with Crippen molar-refractivity contribution in [2.45, 2.75) is 32.1 Å². The van der Waals surface area contributed by atoms with Crippen LogP contribution in [0.15, 0.2) is 24.4 Å². The number of aromatic amines is 1. The highest BCUT2D eigenvalue weighted by atomic mass is 14.8. The third-order valence-corrected chi connectivity index (χ3v) is 3.43. The molecule has 0 aliphatic heterocycles. The fourth-order valence-electron chi connectivity index (χ4n) is 2.65. The van der Waals surface area contributed by atoms with Crippen molar-refractivity contribution < 1.29 is 0 Å². The standard InChI is InChI=1S/C13H16N2/c1-2-5-10(4-1)8-11-9-13-12(15-11)6-3-7-14-13/h3,6-7,9-10,15H,1-2,4-5,8H2. The minimum absolute atomic E-state index is 0.901. The molecule has 0 saturated heterocycles. The molecule has 78 valence electrons. The van der Waals surface area contributed by atoms with E-state index in [1.807, 2.05) is 12.3 Å². The molecule has 2 heterocycles. The van der Waals surface area contributed by atoms with Gasteiger partial charge in [-0.3, -0.25) is 4.98 Å². The normalized spacial score (nSPS) is 17.6. The minimum atomic E-state index is 0.901. The van der Waals surface area contributed by atoms with Gasteiger partial charge in [0.05, 0.1) is 11.0 Å². The van der Waals surface area contributed by atoms with Crippen molar-refractivity contribution in [3.63, 3.8) is 0 Å². The summed E-state index contributed by atoms with van der Waals surface area (Å²) in [7, 11) is 0. The van der Waals surface area contributed by atoms with Gasteiger partial charge in [-0.2, -0.15) is 0 Å². The van der Waals surface area contributed by atoms with Crippen LogP contribution in [-0.2, 0) is 6.42 Å². The van der Waals surface area contributed by atoms with Crippen molar-refractivity contribution in [1.29, 1.82) is 0 Å². The molecule has 2 aromatic rings. The van der Waals surface area contributed by atoms with Gasteiger partial charge >= 0.3 is 0 Å². The summed E-state index contributed by atoms with van der Waals surface area (Å²) in [5.74, 6) is 0.901. The highest BCUT2D eigenvalue weighted by Gasteiger charge is 2.16. The van der Waals surface area contributed by atoms with Crippen LogP contribution in [0.4, 0.5) is 0 Å². The first kappa shape index (κ1) is 8.96. The highest BCUT2D eigenvalue weighted by molar-refractivity contribution is 5.75. The fourth-order valence-corrected chi connectivity index (χ4v) is 2.65. The van der Waals surface area contributed by atoms with Crippen LogP contribution < -0.4 is 0 Å². The third-order valence-electron chi connectivity index (χ3n) is 3.43. The molecule has 15 heavy (non-hydrogen) atoms. The van der Waals surface area contributed by atoms with Gasteiger partial charge in [0.15, 0.2) is 0 Å². The summed E-state index contributed by atoms with van der Waals surface area (Å²) in [5.41, 5.74) is 3.63. The molecule has 1 saturated carbocycles. The highest BCUT2D eigenvalue weighted by Crippen LogP contribution is 2.28. The maximum Gasteiger partial charge on any atom is 0.0881 e. The Morgan fingerprint density at radius 1 is 1.33 bits per heavy atom. The number of aromatic nitrogens is 2. The van der Waals surface area contributed by atoms with Crippen molar-refractivity contribution in [3.8, 4) is 0 Å². The Morgan fingerprint density at radius 2 is 2.20 bits per heavy atom. The number of pyridine rings is 1. The zero-order chi connectivity index (χ0) is 10.1. The molecule has 2 nitrogen and oxygen atoms in total. The van der Waals surface area contributed by atoms with Crippen LogP contribution in [-0.4, -0.2) is 9.97 Å². The molecular weight excluding hydrogens is 184 g/mol. The number of nitrogens with one attached hydrogen (secondary N) is 1. The van der Waals surface area contributed by atoms with E-state index in [4.69, 9.17) is 0 Å². The van der Waals surface area contributed by atoms with Gasteiger partial charge < -0.3 is 4.98 Å². The summed E-state index contributed by atoms with van der Waals surface area (Å²) in [6, 6.07) is 6.28. The lowest BCUT2D eigenvalue weighted by molar-refractivity contribution is 0.541. The van der Waals surface area contributed by atoms with E-state index in [1.54, 1.807) is 0 Å². The Hall–Kier alpha value is -1.31. The van der Waals surface area contributed by atoms with E-state index < -0.39 is 0 Å². The van der Waals surface area contributed by atoms with E-state index in [9.17, 15) is 0 Å². The number of nitrogens with zero attached hydrogens (tertiary/aromatic N) is 1. The van der Waals surface area contributed by atoms with Gasteiger partial charge in [-0.05, 0) is 30.5 Å².